The second-order valence-corrected chi connectivity index (χ2v) is 2.83. The maximum atomic E-state index is 5.15. The van der Waals surface area contributed by atoms with Crippen LogP contribution in [-0.4, -0.2) is 16.1 Å². The third-order valence-electron chi connectivity index (χ3n) is 1.89. The van der Waals surface area contributed by atoms with E-state index in [1.165, 1.54) is 0 Å². The first-order chi connectivity index (χ1) is 5.84. The number of nitrogens with one attached hydrogen (secondary N) is 1. The molecule has 4 nitrogen and oxygen atoms in total. The quantitative estimate of drug-likeness (QED) is 0.381. The molecule has 68 valence electrons. The Morgan fingerprint density at radius 3 is 3.00 bits per heavy atom. The maximum absolute atomic E-state index is 5.15. The molecule has 4 heteroatoms. The van der Waals surface area contributed by atoms with Crippen molar-refractivity contribution < 1.29 is 0 Å². The Morgan fingerprint density at radius 2 is 2.42 bits per heavy atom. The van der Waals surface area contributed by atoms with Gasteiger partial charge in [0.05, 0.1) is 0 Å². The molecule has 3 N–H and O–H groups in total. The average Bonchev–Trinajstić information content (AvgIpc) is 2.46. The van der Waals surface area contributed by atoms with Crippen molar-refractivity contribution in [1.82, 2.24) is 15.0 Å². The average molecular weight is 168 g/mol. The smallest absolute Gasteiger partial charge is 0.105 e. The highest BCUT2D eigenvalue weighted by Gasteiger charge is 1.94. The Morgan fingerprint density at radius 1 is 1.58 bits per heavy atom. The first-order valence-electron chi connectivity index (χ1n) is 4.26. The fourth-order valence-electron chi connectivity index (χ4n) is 1.15. The highest BCUT2D eigenvalue weighted by Crippen LogP contribution is 1.98. The van der Waals surface area contributed by atoms with Crippen molar-refractivity contribution in [1.29, 1.82) is 0 Å². The summed E-state index contributed by atoms with van der Waals surface area (Å²) in [5.74, 6) is 6.23. The van der Waals surface area contributed by atoms with Gasteiger partial charge in [0.2, 0.25) is 0 Å². The fourth-order valence-corrected chi connectivity index (χ4v) is 1.15. The molecule has 0 amide bonds. The lowest BCUT2D eigenvalue weighted by Gasteiger charge is -2.03. The number of nitrogens with two attached hydrogens (primary N) is 1. The molecule has 1 heterocycles. The number of nitrogens with zero attached hydrogens (tertiary/aromatic N) is 2. The van der Waals surface area contributed by atoms with Gasteiger partial charge in [0, 0.05) is 25.5 Å². The third kappa shape index (κ3) is 2.64. The molecule has 0 aliphatic rings. The van der Waals surface area contributed by atoms with Crippen LogP contribution in [0.4, 0.5) is 0 Å². The molecule has 12 heavy (non-hydrogen) atoms. The Hall–Kier alpha value is -0.870. The standard InChI is InChI=1S/C8H16N4/c1-8-10-5-7-12(8)6-3-2-4-11-9/h5,7,11H,2-4,6,9H2,1H3. The lowest BCUT2D eigenvalue weighted by molar-refractivity contribution is 0.569. The predicted octanol–water partition coefficient (Wildman–Crippen LogP) is 0.435. The molecule has 0 saturated carbocycles. The monoisotopic (exact) mass is 168 g/mol. The van der Waals surface area contributed by atoms with Crippen LogP contribution in [0.1, 0.15) is 18.7 Å². The van der Waals surface area contributed by atoms with Gasteiger partial charge in [-0.05, 0) is 19.8 Å². The van der Waals surface area contributed by atoms with E-state index in [1.807, 2.05) is 19.3 Å². The van der Waals surface area contributed by atoms with E-state index >= 15 is 0 Å². The molecule has 1 rings (SSSR count). The zero-order valence-corrected chi connectivity index (χ0v) is 7.45. The molecule has 1 aromatic heterocycles. The van der Waals surface area contributed by atoms with Crippen LogP contribution >= 0.6 is 0 Å². The Balaban J connectivity index is 2.20. The van der Waals surface area contributed by atoms with Crippen molar-refractivity contribution in [2.75, 3.05) is 6.54 Å². The normalized spacial score (nSPS) is 10.5. The van der Waals surface area contributed by atoms with Gasteiger partial charge in [-0.25, -0.2) is 4.98 Å². The van der Waals surface area contributed by atoms with E-state index in [2.05, 4.69) is 15.0 Å². The van der Waals surface area contributed by atoms with E-state index in [-0.39, 0.29) is 0 Å². The van der Waals surface area contributed by atoms with Crippen LogP contribution in [0.3, 0.4) is 0 Å². The molecule has 0 radical (unpaired) electrons. The van der Waals surface area contributed by atoms with Gasteiger partial charge in [-0.3, -0.25) is 11.3 Å². The number of aryl methyl sites for hydroxylation is 2. The molecule has 0 aromatic carbocycles. The second kappa shape index (κ2) is 4.90. The predicted molar refractivity (Wildman–Crippen MR) is 48.4 cm³/mol. The second-order valence-electron chi connectivity index (χ2n) is 2.83. The first kappa shape index (κ1) is 9.22. The number of unbranched alkanes of at least 4 members (excludes halogenated alkanes) is 1. The lowest BCUT2D eigenvalue weighted by Crippen LogP contribution is -2.23. The largest absolute Gasteiger partial charge is 0.335 e. The molecule has 0 unspecified atom stereocenters. The fraction of sp³-hybridized carbons (Fsp3) is 0.625. The van der Waals surface area contributed by atoms with Crippen LogP contribution in [0.2, 0.25) is 0 Å². The van der Waals surface area contributed by atoms with Gasteiger partial charge in [0.1, 0.15) is 5.82 Å². The molecular weight excluding hydrogens is 152 g/mol. The van der Waals surface area contributed by atoms with Crippen molar-refractivity contribution >= 4 is 0 Å². The van der Waals surface area contributed by atoms with Crippen molar-refractivity contribution in [2.45, 2.75) is 26.3 Å². The molecule has 0 aliphatic carbocycles. The number of rotatable bonds is 5. The van der Waals surface area contributed by atoms with Gasteiger partial charge in [-0.15, -0.1) is 0 Å². The van der Waals surface area contributed by atoms with Crippen LogP contribution in [0.25, 0.3) is 0 Å². The van der Waals surface area contributed by atoms with Crippen molar-refractivity contribution in [3.63, 3.8) is 0 Å². The zero-order valence-electron chi connectivity index (χ0n) is 7.45. The van der Waals surface area contributed by atoms with Gasteiger partial charge in [-0.2, -0.15) is 0 Å². The molecule has 0 fully saturated rings. The summed E-state index contributed by atoms with van der Waals surface area (Å²) < 4.78 is 2.15. The summed E-state index contributed by atoms with van der Waals surface area (Å²) >= 11 is 0. The maximum Gasteiger partial charge on any atom is 0.105 e. The summed E-state index contributed by atoms with van der Waals surface area (Å²) in [4.78, 5) is 4.14. The van der Waals surface area contributed by atoms with Crippen molar-refractivity contribution in [3.8, 4) is 0 Å². The van der Waals surface area contributed by atoms with Crippen LogP contribution in [0, 0.1) is 6.92 Å². The summed E-state index contributed by atoms with van der Waals surface area (Å²) in [5.41, 5.74) is 2.64. The SMILES string of the molecule is Cc1nccn1CCCCNN. The van der Waals surface area contributed by atoms with Crippen LogP contribution in [0.15, 0.2) is 12.4 Å². The van der Waals surface area contributed by atoms with E-state index in [0.29, 0.717) is 0 Å². The minimum absolute atomic E-state index is 0.883. The summed E-state index contributed by atoms with van der Waals surface area (Å²) in [6.07, 6.45) is 6.08. The van der Waals surface area contributed by atoms with Gasteiger partial charge in [-0.1, -0.05) is 0 Å². The molecular formula is C8H16N4. The Kier molecular flexibility index (Phi) is 3.76. The minimum atomic E-state index is 0.883. The highest BCUT2D eigenvalue weighted by molar-refractivity contribution is 4.87. The molecule has 0 aliphatic heterocycles. The van der Waals surface area contributed by atoms with E-state index in [0.717, 1.165) is 31.8 Å². The van der Waals surface area contributed by atoms with E-state index in [4.69, 9.17) is 5.84 Å². The van der Waals surface area contributed by atoms with Gasteiger partial charge < -0.3 is 4.57 Å². The van der Waals surface area contributed by atoms with Crippen molar-refractivity contribution in [3.05, 3.63) is 18.2 Å². The first-order valence-corrected chi connectivity index (χ1v) is 4.26. The Bertz CT molecular complexity index is 219. The number of hydrogen-bond donors (Lipinski definition) is 2. The van der Waals surface area contributed by atoms with Gasteiger partial charge in [0.25, 0.3) is 0 Å². The summed E-state index contributed by atoms with van der Waals surface area (Å²) in [6, 6.07) is 0. The van der Waals surface area contributed by atoms with E-state index in [9.17, 15) is 0 Å². The van der Waals surface area contributed by atoms with Gasteiger partial charge in [0.15, 0.2) is 0 Å². The van der Waals surface area contributed by atoms with Gasteiger partial charge >= 0.3 is 0 Å². The minimum Gasteiger partial charge on any atom is -0.335 e. The van der Waals surface area contributed by atoms with Crippen LogP contribution in [0.5, 0.6) is 0 Å². The van der Waals surface area contributed by atoms with E-state index in [1.54, 1.807) is 0 Å². The number of hydrogen-bond acceptors (Lipinski definition) is 3. The Labute approximate surface area is 72.8 Å². The highest BCUT2D eigenvalue weighted by atomic mass is 15.2. The lowest BCUT2D eigenvalue weighted by atomic mass is 10.3. The number of hydrazine groups is 1. The van der Waals surface area contributed by atoms with Crippen molar-refractivity contribution in [2.24, 2.45) is 5.84 Å². The summed E-state index contributed by atoms with van der Waals surface area (Å²) in [7, 11) is 0. The van der Waals surface area contributed by atoms with Crippen LogP contribution in [-0.2, 0) is 6.54 Å². The van der Waals surface area contributed by atoms with E-state index < -0.39 is 0 Å². The summed E-state index contributed by atoms with van der Waals surface area (Å²) in [5, 5.41) is 0. The molecule has 0 atom stereocenters. The topological polar surface area (TPSA) is 55.9 Å². The number of imidazole rings is 1. The molecule has 0 saturated heterocycles. The zero-order chi connectivity index (χ0) is 8.81. The molecule has 1 aromatic rings. The molecule has 0 spiro atoms. The third-order valence-corrected chi connectivity index (χ3v) is 1.89. The molecule has 0 bridgehead atoms. The summed E-state index contributed by atoms with van der Waals surface area (Å²) in [6.45, 7) is 3.93. The van der Waals surface area contributed by atoms with Crippen LogP contribution < -0.4 is 11.3 Å². The number of aromatic nitrogens is 2.